The van der Waals surface area contributed by atoms with Crippen molar-refractivity contribution in [2.75, 3.05) is 31.4 Å². The molecule has 6 rings (SSSR count). The third kappa shape index (κ3) is 5.21. The molecule has 3 N–H and O–H groups in total. The number of halogens is 1. The van der Waals surface area contributed by atoms with Crippen LogP contribution in [-0.4, -0.2) is 51.2 Å². The summed E-state index contributed by atoms with van der Waals surface area (Å²) in [6.45, 7) is 3.24. The quantitative estimate of drug-likeness (QED) is 0.203. The highest BCUT2D eigenvalue weighted by Gasteiger charge is 2.27. The first-order chi connectivity index (χ1) is 19.0. The molecule has 0 atom stereocenters. The number of hydrogen-bond acceptors (Lipinski definition) is 9. The molecule has 0 aliphatic heterocycles. The van der Waals surface area contributed by atoms with Crippen LogP contribution in [0.1, 0.15) is 37.3 Å². The Morgan fingerprint density at radius 2 is 1.90 bits per heavy atom. The number of fused-ring (bicyclic) bond motifs is 2. The summed E-state index contributed by atoms with van der Waals surface area (Å²) in [5.74, 6) is 0.424. The van der Waals surface area contributed by atoms with Crippen LogP contribution in [0.15, 0.2) is 51.6 Å². The number of nitrogens with one attached hydrogen (secondary N) is 1. The van der Waals surface area contributed by atoms with Gasteiger partial charge in [0.15, 0.2) is 11.2 Å². The third-order valence-corrected chi connectivity index (χ3v) is 7.66. The maximum Gasteiger partial charge on any atom is 0.300 e. The summed E-state index contributed by atoms with van der Waals surface area (Å²) >= 11 is 3.52. The molecule has 5 aromatic rings. The summed E-state index contributed by atoms with van der Waals surface area (Å²) in [7, 11) is 1.69. The van der Waals surface area contributed by atoms with Crippen molar-refractivity contribution < 1.29 is 13.9 Å². The number of nitrogens with two attached hydrogens (primary N) is 1. The Morgan fingerprint density at radius 3 is 2.67 bits per heavy atom. The topological polar surface area (TPSA) is 126 Å². The number of methoxy groups -OCH3 is 1. The van der Waals surface area contributed by atoms with E-state index in [2.05, 4.69) is 36.2 Å². The second-order valence-corrected chi connectivity index (χ2v) is 10.8. The maximum atomic E-state index is 6.35. The first kappa shape index (κ1) is 25.7. The molecular weight excluding hydrogens is 562 g/mol. The van der Waals surface area contributed by atoms with Crippen molar-refractivity contribution in [3.8, 4) is 11.3 Å². The van der Waals surface area contributed by atoms with E-state index < -0.39 is 0 Å². The number of aryl methyl sites for hydroxylation is 1. The van der Waals surface area contributed by atoms with Crippen LogP contribution in [0.5, 0.6) is 0 Å². The molecule has 1 saturated carbocycles. The lowest BCUT2D eigenvalue weighted by Crippen LogP contribution is -2.25. The van der Waals surface area contributed by atoms with Gasteiger partial charge in [-0.2, -0.15) is 10.1 Å². The normalized spacial score (nSPS) is 17.7. The lowest BCUT2D eigenvalue weighted by molar-refractivity contribution is -0.00691. The van der Waals surface area contributed by atoms with Gasteiger partial charge >= 0.3 is 0 Å². The van der Waals surface area contributed by atoms with Gasteiger partial charge in [-0.05, 0) is 62.4 Å². The molecule has 2 aromatic carbocycles. The zero-order chi connectivity index (χ0) is 26.9. The van der Waals surface area contributed by atoms with Gasteiger partial charge in [0.2, 0.25) is 0 Å². The van der Waals surface area contributed by atoms with Crippen molar-refractivity contribution in [1.29, 1.82) is 0 Å². The van der Waals surface area contributed by atoms with Crippen molar-refractivity contribution in [2.24, 2.45) is 0 Å². The second-order valence-electron chi connectivity index (χ2n) is 9.84. The van der Waals surface area contributed by atoms with Crippen molar-refractivity contribution in [3.05, 3.63) is 52.8 Å². The highest BCUT2D eigenvalue weighted by atomic mass is 79.9. The van der Waals surface area contributed by atoms with Gasteiger partial charge in [0.1, 0.15) is 23.4 Å². The maximum absolute atomic E-state index is 6.35. The Balaban J connectivity index is 1.24. The number of hydrogen-bond donors (Lipinski definition) is 2. The van der Waals surface area contributed by atoms with Crippen LogP contribution in [0.25, 0.3) is 33.4 Å². The monoisotopic (exact) mass is 591 g/mol. The Labute approximate surface area is 234 Å². The SMILES string of the molecule is COCCOC1CCC(n2nc(-c3ccc(Nc4nc5cc(Br)cc(C)c5o4)cc3)c3c(N)ncnc32)CC1. The molecule has 0 bridgehead atoms. The van der Waals surface area contributed by atoms with Crippen LogP contribution in [0, 0.1) is 6.92 Å². The summed E-state index contributed by atoms with van der Waals surface area (Å²) in [6, 6.07) is 12.6. The molecule has 1 aliphatic carbocycles. The Bertz CT molecular complexity index is 1610. The summed E-state index contributed by atoms with van der Waals surface area (Å²) in [6.07, 6.45) is 5.62. The van der Waals surface area contributed by atoms with Crippen LogP contribution >= 0.6 is 15.9 Å². The van der Waals surface area contributed by atoms with Crippen LogP contribution < -0.4 is 11.1 Å². The molecule has 3 aromatic heterocycles. The average Bonchev–Trinajstić information content (AvgIpc) is 3.52. The van der Waals surface area contributed by atoms with Crippen molar-refractivity contribution in [2.45, 2.75) is 44.8 Å². The Hall–Kier alpha value is -3.54. The molecule has 0 spiro atoms. The fourth-order valence-corrected chi connectivity index (χ4v) is 5.81. The number of ether oxygens (including phenoxy) is 2. The minimum absolute atomic E-state index is 0.224. The predicted octanol–water partition coefficient (Wildman–Crippen LogP) is 6.18. The van der Waals surface area contributed by atoms with Gasteiger partial charge in [0.25, 0.3) is 6.01 Å². The average molecular weight is 592 g/mol. The zero-order valence-corrected chi connectivity index (χ0v) is 23.4. The number of benzene rings is 2. The van der Waals surface area contributed by atoms with Crippen LogP contribution in [-0.2, 0) is 9.47 Å². The van der Waals surface area contributed by atoms with E-state index in [1.807, 2.05) is 48.0 Å². The van der Waals surface area contributed by atoms with Crippen molar-refractivity contribution in [1.82, 2.24) is 24.7 Å². The summed E-state index contributed by atoms with van der Waals surface area (Å²) in [5.41, 5.74) is 12.2. The molecule has 3 heterocycles. The number of anilines is 3. The molecule has 202 valence electrons. The largest absolute Gasteiger partial charge is 0.423 e. The van der Waals surface area contributed by atoms with Gasteiger partial charge < -0.3 is 24.9 Å². The van der Waals surface area contributed by atoms with Gasteiger partial charge in [-0.1, -0.05) is 28.1 Å². The van der Waals surface area contributed by atoms with E-state index in [4.69, 9.17) is 24.7 Å². The van der Waals surface area contributed by atoms with Crippen LogP contribution in [0.4, 0.5) is 17.5 Å². The van der Waals surface area contributed by atoms with Crippen LogP contribution in [0.2, 0.25) is 0 Å². The summed E-state index contributed by atoms with van der Waals surface area (Å²) in [4.78, 5) is 13.4. The van der Waals surface area contributed by atoms with E-state index in [9.17, 15) is 0 Å². The Morgan fingerprint density at radius 1 is 1.10 bits per heavy atom. The molecule has 1 aliphatic rings. The third-order valence-electron chi connectivity index (χ3n) is 7.20. The first-order valence-electron chi connectivity index (χ1n) is 13.0. The number of rotatable bonds is 8. The second kappa shape index (κ2) is 10.9. The van der Waals surface area contributed by atoms with Crippen LogP contribution in [0.3, 0.4) is 0 Å². The summed E-state index contributed by atoms with van der Waals surface area (Å²) < 4.78 is 20.0. The lowest BCUT2D eigenvalue weighted by atomic mass is 9.93. The molecule has 11 heteroatoms. The van der Waals surface area contributed by atoms with E-state index in [1.54, 1.807) is 7.11 Å². The highest BCUT2D eigenvalue weighted by Crippen LogP contribution is 2.37. The summed E-state index contributed by atoms with van der Waals surface area (Å²) in [5, 5.41) is 9.06. The van der Waals surface area contributed by atoms with Crippen molar-refractivity contribution in [3.63, 3.8) is 0 Å². The molecule has 0 unspecified atom stereocenters. The number of nitrogens with zero attached hydrogens (tertiary/aromatic N) is 5. The predicted molar refractivity (Wildman–Crippen MR) is 154 cm³/mol. The fourth-order valence-electron chi connectivity index (χ4n) is 5.25. The number of nitrogen functional groups attached to an aromatic ring is 1. The standard InChI is InChI=1S/C28H30BrN7O3/c1-16-13-18(29)14-22-25(16)39-28(34-22)33-19-5-3-17(4-6-19)24-23-26(30)31-15-32-27(23)36(35-24)20-7-9-21(10-8-20)38-12-11-37-2/h3-6,13-15,20-21H,7-12H2,1-2H3,(H,33,34)(H2,30,31,32). The molecule has 0 amide bonds. The molecule has 10 nitrogen and oxygen atoms in total. The van der Waals surface area contributed by atoms with E-state index in [-0.39, 0.29) is 12.1 Å². The van der Waals surface area contributed by atoms with E-state index in [1.165, 1.54) is 6.33 Å². The molecule has 0 saturated heterocycles. The minimum atomic E-state index is 0.224. The molecule has 1 fully saturated rings. The van der Waals surface area contributed by atoms with E-state index in [0.717, 1.165) is 74.8 Å². The van der Waals surface area contributed by atoms with Gasteiger partial charge in [0, 0.05) is 22.8 Å². The number of oxazole rings is 1. The van der Waals surface area contributed by atoms with E-state index >= 15 is 0 Å². The number of aromatic nitrogens is 5. The Kier molecular flexibility index (Phi) is 7.20. The fraction of sp³-hybridized carbons (Fsp3) is 0.357. The van der Waals surface area contributed by atoms with Gasteiger partial charge in [-0.25, -0.2) is 14.6 Å². The minimum Gasteiger partial charge on any atom is -0.423 e. The van der Waals surface area contributed by atoms with Gasteiger partial charge in [-0.3, -0.25) is 0 Å². The van der Waals surface area contributed by atoms with Gasteiger partial charge in [-0.15, -0.1) is 0 Å². The lowest BCUT2D eigenvalue weighted by Gasteiger charge is -2.28. The smallest absolute Gasteiger partial charge is 0.300 e. The first-order valence-corrected chi connectivity index (χ1v) is 13.8. The van der Waals surface area contributed by atoms with E-state index in [0.29, 0.717) is 25.0 Å². The molecule has 39 heavy (non-hydrogen) atoms. The highest BCUT2D eigenvalue weighted by molar-refractivity contribution is 9.10. The zero-order valence-electron chi connectivity index (χ0n) is 21.9. The van der Waals surface area contributed by atoms with Gasteiger partial charge in [0.05, 0.1) is 30.7 Å². The molecular formula is C28H30BrN7O3. The van der Waals surface area contributed by atoms with Crippen molar-refractivity contribution >= 4 is 55.6 Å². The molecule has 0 radical (unpaired) electrons.